The van der Waals surface area contributed by atoms with Crippen molar-refractivity contribution in [1.29, 1.82) is 0 Å². The van der Waals surface area contributed by atoms with E-state index in [1.165, 1.54) is 41.7 Å². The Morgan fingerprint density at radius 1 is 0.229 bits per heavy atom. The lowest BCUT2D eigenvalue weighted by Crippen LogP contribution is -2.62. The molecule has 0 saturated carbocycles. The highest BCUT2D eigenvalue weighted by Gasteiger charge is 2.49. The topological polar surface area (TPSA) is 70.2 Å². The molecule has 0 amide bonds. The first-order chi connectivity index (χ1) is 47.6. The van der Waals surface area contributed by atoms with E-state index in [0.717, 1.165) is 166 Å². The number of para-hydroxylation sites is 6. The van der Waals surface area contributed by atoms with Gasteiger partial charge in [-0.3, -0.25) is 0 Å². The number of benzene rings is 13. The lowest BCUT2D eigenvalue weighted by atomic mass is 9.31. The Hall–Kier alpha value is -11.8. The molecular formula is C82H42B3N3O6S2. The minimum absolute atomic E-state index is 0.233. The maximum absolute atomic E-state index is 7.52. The van der Waals surface area contributed by atoms with Gasteiger partial charge in [-0.15, -0.1) is 22.7 Å². The SMILES string of the molecule is c1ccc2c3c(sc2c1)B1c2cc4c(cc2Oc2cc(-n5c6ccccc6c6ccccc65)cc(c21)O3)Oc1cc(-n2c3ccccc3c3ccccc32)cc2c1B4c1cc3c(cc1O2)Oc1cc(-n2c4ccccc4c4ccccc42)cc2c1B3c1sc3ccccc3c1O2. The molecule has 13 aromatic carbocycles. The van der Waals surface area contributed by atoms with Crippen molar-refractivity contribution in [1.82, 2.24) is 13.7 Å². The Morgan fingerprint density at radius 2 is 0.479 bits per heavy atom. The van der Waals surface area contributed by atoms with E-state index in [2.05, 4.69) is 268 Å². The quantitative estimate of drug-likeness (QED) is 0.164. The van der Waals surface area contributed by atoms with Crippen LogP contribution in [0.1, 0.15) is 0 Å². The van der Waals surface area contributed by atoms with Crippen LogP contribution in [0.4, 0.5) is 0 Å². The molecule has 0 atom stereocenters. The van der Waals surface area contributed by atoms with Crippen molar-refractivity contribution in [3.8, 4) is 86.1 Å². The van der Waals surface area contributed by atoms with Crippen LogP contribution in [0.2, 0.25) is 0 Å². The number of hydrogen-bond donors (Lipinski definition) is 0. The molecule has 6 aliphatic rings. The molecule has 14 heteroatoms. The van der Waals surface area contributed by atoms with Gasteiger partial charge in [-0.2, -0.15) is 0 Å². The van der Waals surface area contributed by atoms with Crippen molar-refractivity contribution in [3.63, 3.8) is 0 Å². The Balaban J connectivity index is 0.743. The van der Waals surface area contributed by atoms with Gasteiger partial charge in [-0.1, -0.05) is 146 Å². The fourth-order valence-corrected chi connectivity index (χ4v) is 19.8. The predicted molar refractivity (Wildman–Crippen MR) is 393 cm³/mol. The zero-order valence-corrected chi connectivity index (χ0v) is 52.2. The number of fused-ring (bicyclic) bond motifs is 25. The number of aromatic nitrogens is 3. The highest BCUT2D eigenvalue weighted by molar-refractivity contribution is 7.33. The summed E-state index contributed by atoms with van der Waals surface area (Å²) in [6, 6.07) is 91.5. The van der Waals surface area contributed by atoms with Crippen molar-refractivity contribution in [2.75, 3.05) is 0 Å². The molecule has 0 unspecified atom stereocenters. The van der Waals surface area contributed by atoms with E-state index in [9.17, 15) is 0 Å². The molecule has 442 valence electrons. The molecule has 9 nitrogen and oxygen atoms in total. The number of ether oxygens (including phenoxy) is 6. The van der Waals surface area contributed by atoms with Crippen LogP contribution in [0.5, 0.6) is 69.0 Å². The lowest BCUT2D eigenvalue weighted by molar-refractivity contribution is 0.448. The standard InChI is InChI=1S/C82H42B3N3O6S2/c1-9-25-58-46(17-1)47-18-2-10-26-59(47)86(58)43-33-68-76-69(34-43)90-65-42-67-57(85-78-71(92-67)36-45(38-73(78)94-80-53-24-8-16-32-75(53)96-82(80)85)88-62-29-13-5-21-50(62)51-22-6-14-30-63(51)88)40-55(65)83(76)54-39-56-66(41-64(54)89-68)91-70-35-44(87-60-27-11-3-19-48(60)49-20-4-12-28-61(49)87)37-72-77(70)84(56)81-79(93-72)52-23-7-15-31-74(52)95-81/h1-42H. The monoisotopic (exact) mass is 1260 g/mol. The molecule has 0 fully saturated rings. The lowest BCUT2D eigenvalue weighted by Gasteiger charge is -2.37. The van der Waals surface area contributed by atoms with E-state index < -0.39 is 0 Å². The summed E-state index contributed by atoms with van der Waals surface area (Å²) in [5.74, 6) is 9.15. The summed E-state index contributed by atoms with van der Waals surface area (Å²) in [6.45, 7) is -0.822. The van der Waals surface area contributed by atoms with Gasteiger partial charge < -0.3 is 42.1 Å². The van der Waals surface area contributed by atoms with E-state index in [-0.39, 0.29) is 20.1 Å². The average molecular weight is 1260 g/mol. The molecular weight excluding hydrogens is 1220 g/mol. The van der Waals surface area contributed by atoms with Crippen LogP contribution in [0, 0.1) is 0 Å². The molecule has 18 aromatic rings. The second kappa shape index (κ2) is 18.1. The first-order valence-corrected chi connectivity index (χ1v) is 34.2. The van der Waals surface area contributed by atoms with E-state index in [4.69, 9.17) is 28.4 Å². The van der Waals surface area contributed by atoms with Gasteiger partial charge >= 0.3 is 0 Å². The number of rotatable bonds is 3. The molecule has 0 saturated heterocycles. The third-order valence-corrected chi connectivity index (χ3v) is 23.6. The van der Waals surface area contributed by atoms with Crippen LogP contribution in [-0.4, -0.2) is 33.8 Å². The second-order valence-corrected chi connectivity index (χ2v) is 28.2. The van der Waals surface area contributed by atoms with Crippen LogP contribution < -0.4 is 76.2 Å². The Labute approximate surface area is 555 Å². The Bertz CT molecular complexity index is 6180. The first kappa shape index (κ1) is 50.7. The van der Waals surface area contributed by atoms with E-state index >= 15 is 0 Å². The molecule has 24 rings (SSSR count). The largest absolute Gasteiger partial charge is 0.458 e. The summed E-state index contributed by atoms with van der Waals surface area (Å²) in [6.07, 6.45) is 0. The van der Waals surface area contributed by atoms with Gasteiger partial charge in [0.2, 0.25) is 0 Å². The Morgan fingerprint density at radius 3 is 0.792 bits per heavy atom. The van der Waals surface area contributed by atoms with Crippen LogP contribution in [-0.2, 0) is 0 Å². The van der Waals surface area contributed by atoms with E-state index in [1.807, 2.05) is 0 Å². The molecule has 0 bridgehead atoms. The smallest absolute Gasteiger partial charge is 0.273 e. The molecule has 0 aliphatic carbocycles. The fourth-order valence-electron chi connectivity index (χ4n) is 17.3. The molecule has 0 radical (unpaired) electrons. The van der Waals surface area contributed by atoms with Gasteiger partial charge in [0.15, 0.2) is 0 Å². The summed E-state index contributed by atoms with van der Waals surface area (Å²) in [5, 5.41) is 9.25. The molecule has 6 aliphatic heterocycles. The maximum Gasteiger partial charge on any atom is 0.273 e. The summed E-state index contributed by atoms with van der Waals surface area (Å²) in [4.78, 5) is 0. The zero-order valence-electron chi connectivity index (χ0n) is 50.6. The molecule has 96 heavy (non-hydrogen) atoms. The van der Waals surface area contributed by atoms with Gasteiger partial charge in [0.1, 0.15) is 69.0 Å². The van der Waals surface area contributed by atoms with Gasteiger partial charge in [0.05, 0.1) is 50.2 Å². The van der Waals surface area contributed by atoms with Crippen molar-refractivity contribution < 1.29 is 28.4 Å². The highest BCUT2D eigenvalue weighted by atomic mass is 32.1. The van der Waals surface area contributed by atoms with E-state index in [1.54, 1.807) is 22.7 Å². The summed E-state index contributed by atoms with van der Waals surface area (Å²) in [7, 11) is 0. The zero-order chi connectivity index (χ0) is 61.9. The predicted octanol–water partition coefficient (Wildman–Crippen LogP) is 15.6. The van der Waals surface area contributed by atoms with Crippen LogP contribution in [0.15, 0.2) is 255 Å². The number of hydrogen-bond acceptors (Lipinski definition) is 8. The molecule has 0 N–H and O–H groups in total. The number of thiophene rings is 2. The Kier molecular flexibility index (Phi) is 9.56. The third-order valence-electron chi connectivity index (χ3n) is 21.2. The van der Waals surface area contributed by atoms with Gasteiger partial charge in [0, 0.05) is 127 Å². The van der Waals surface area contributed by atoms with Crippen molar-refractivity contribution in [3.05, 3.63) is 255 Å². The van der Waals surface area contributed by atoms with Crippen molar-refractivity contribution >= 4 is 176 Å². The van der Waals surface area contributed by atoms with E-state index in [0.29, 0.717) is 11.5 Å². The minimum Gasteiger partial charge on any atom is -0.458 e. The molecule has 0 spiro atoms. The van der Waals surface area contributed by atoms with Crippen LogP contribution in [0.25, 0.3) is 103 Å². The summed E-state index contributed by atoms with van der Waals surface area (Å²) in [5.41, 5.74) is 16.5. The molecule has 11 heterocycles. The first-order valence-electron chi connectivity index (χ1n) is 32.5. The number of nitrogens with zero attached hydrogens (tertiary/aromatic N) is 3. The minimum atomic E-state index is -0.356. The van der Waals surface area contributed by atoms with Crippen LogP contribution >= 0.6 is 22.7 Å². The summed E-state index contributed by atoms with van der Waals surface area (Å²) >= 11 is 3.59. The highest BCUT2D eigenvalue weighted by Crippen LogP contribution is 2.49. The molecule has 5 aromatic heterocycles. The second-order valence-electron chi connectivity index (χ2n) is 26.0. The van der Waals surface area contributed by atoms with Crippen molar-refractivity contribution in [2.45, 2.75) is 0 Å². The third kappa shape index (κ3) is 6.52. The van der Waals surface area contributed by atoms with Gasteiger partial charge in [-0.05, 0) is 82.5 Å². The average Bonchev–Trinajstić information content (AvgIpc) is 1.01. The normalized spacial score (nSPS) is 13.9. The van der Waals surface area contributed by atoms with Gasteiger partial charge in [0.25, 0.3) is 20.1 Å². The van der Waals surface area contributed by atoms with Crippen molar-refractivity contribution in [2.24, 2.45) is 0 Å². The van der Waals surface area contributed by atoms with Gasteiger partial charge in [-0.25, -0.2) is 0 Å². The van der Waals surface area contributed by atoms with Crippen LogP contribution in [0.3, 0.4) is 0 Å². The fraction of sp³-hybridized carbons (Fsp3) is 0. The maximum atomic E-state index is 7.52. The summed E-state index contributed by atoms with van der Waals surface area (Å²) < 4.78 is 56.2.